The summed E-state index contributed by atoms with van der Waals surface area (Å²) in [5.74, 6) is -0.567. The molecule has 0 aromatic carbocycles. The molecule has 1 aliphatic rings. The number of aliphatic hydroxyl groups excluding tert-OH is 2. The number of allylic oxidation sites excluding steroid dienone is 9. The van der Waals surface area contributed by atoms with E-state index in [0.29, 0.717) is 12.0 Å². The summed E-state index contributed by atoms with van der Waals surface area (Å²) in [6.07, 6.45) is 16.3. The zero-order chi connectivity index (χ0) is 21.6. The lowest BCUT2D eigenvalue weighted by atomic mass is 9.72. The fourth-order valence-corrected chi connectivity index (χ4v) is 3.05. The quantitative estimate of drug-likeness (QED) is 0.471. The average molecular weight is 391 g/mol. The molecule has 0 aliphatic heterocycles. The van der Waals surface area contributed by atoms with Crippen LogP contribution in [0.5, 0.6) is 0 Å². The number of esters is 1. The number of rotatable bonds is 7. The van der Waals surface area contributed by atoms with Gasteiger partial charge in [0.25, 0.3) is 0 Å². The van der Waals surface area contributed by atoms with E-state index in [2.05, 4.69) is 50.7 Å². The van der Waals surface area contributed by atoms with E-state index in [4.69, 9.17) is 10.2 Å². The number of carbonyl (C=O) groups is 1. The number of carbonyl (C=O) groups excluding carboxylic acids is 1. The van der Waals surface area contributed by atoms with Crippen LogP contribution in [0.3, 0.4) is 0 Å². The van der Waals surface area contributed by atoms with Gasteiger partial charge < -0.3 is 14.9 Å². The Kier molecular flexibility index (Phi) is 13.2. The third-order valence-electron chi connectivity index (χ3n) is 4.62. The first-order valence-electron chi connectivity index (χ1n) is 9.95. The number of hydrogen-bond donors (Lipinski definition) is 2. The van der Waals surface area contributed by atoms with Crippen LogP contribution in [0.1, 0.15) is 60.8 Å². The molecular formula is C24H38O4. The summed E-state index contributed by atoms with van der Waals surface area (Å²) in [6.45, 7) is 12.7. The van der Waals surface area contributed by atoms with Gasteiger partial charge in [-0.3, -0.25) is 0 Å². The van der Waals surface area contributed by atoms with Gasteiger partial charge in [0.1, 0.15) is 6.61 Å². The summed E-state index contributed by atoms with van der Waals surface area (Å²) < 4.78 is 4.30. The van der Waals surface area contributed by atoms with Crippen molar-refractivity contribution in [1.29, 1.82) is 0 Å². The van der Waals surface area contributed by atoms with E-state index < -0.39 is 12.6 Å². The third-order valence-corrected chi connectivity index (χ3v) is 4.62. The van der Waals surface area contributed by atoms with Crippen molar-refractivity contribution in [1.82, 2.24) is 0 Å². The smallest absolute Gasteiger partial charge is 0.331 e. The van der Waals surface area contributed by atoms with Crippen LogP contribution in [-0.4, -0.2) is 36.0 Å². The average Bonchev–Trinajstić information content (AvgIpc) is 2.61. The summed E-state index contributed by atoms with van der Waals surface area (Å²) >= 11 is 0. The second kappa shape index (κ2) is 14.1. The number of hydrogen-bond acceptors (Lipinski definition) is 4. The maximum absolute atomic E-state index is 9.94. The van der Waals surface area contributed by atoms with Gasteiger partial charge in [0.2, 0.25) is 0 Å². The molecule has 4 nitrogen and oxygen atoms in total. The SMILES string of the molecule is CC(C=CC1=C(C)CCCC1(C)C)=CC=CC(C)=CCO.CCOC(=O)CO. The largest absolute Gasteiger partial charge is 0.464 e. The third kappa shape index (κ3) is 11.1. The van der Waals surface area contributed by atoms with E-state index in [1.165, 1.54) is 36.0 Å². The highest BCUT2D eigenvalue weighted by atomic mass is 16.5. The summed E-state index contributed by atoms with van der Waals surface area (Å²) in [5.41, 5.74) is 5.66. The highest BCUT2D eigenvalue weighted by Gasteiger charge is 2.26. The number of ether oxygens (including phenoxy) is 1. The van der Waals surface area contributed by atoms with Crippen molar-refractivity contribution in [3.8, 4) is 0 Å². The Bertz CT molecular complexity index is 631. The summed E-state index contributed by atoms with van der Waals surface area (Å²) in [4.78, 5) is 9.94. The highest BCUT2D eigenvalue weighted by Crippen LogP contribution is 2.40. The van der Waals surface area contributed by atoms with Gasteiger partial charge in [-0.15, -0.1) is 0 Å². The van der Waals surface area contributed by atoms with Gasteiger partial charge in [0, 0.05) is 0 Å². The zero-order valence-electron chi connectivity index (χ0n) is 18.4. The molecule has 0 aromatic heterocycles. The molecule has 28 heavy (non-hydrogen) atoms. The highest BCUT2D eigenvalue weighted by molar-refractivity contribution is 5.70. The van der Waals surface area contributed by atoms with E-state index in [0.717, 1.165) is 5.57 Å². The second-order valence-corrected chi connectivity index (χ2v) is 7.63. The van der Waals surface area contributed by atoms with Gasteiger partial charge in [0.05, 0.1) is 13.2 Å². The molecule has 2 N–H and O–H groups in total. The molecule has 0 aromatic rings. The Balaban J connectivity index is 0.000000887. The molecule has 0 saturated heterocycles. The summed E-state index contributed by atoms with van der Waals surface area (Å²) in [6, 6.07) is 0. The predicted octanol–water partition coefficient (Wildman–Crippen LogP) is 5.05. The van der Waals surface area contributed by atoms with Gasteiger partial charge in [-0.25, -0.2) is 4.79 Å². The Hall–Kier alpha value is -1.91. The monoisotopic (exact) mass is 390 g/mol. The Morgan fingerprint density at radius 2 is 1.86 bits per heavy atom. The van der Waals surface area contributed by atoms with E-state index >= 15 is 0 Å². The van der Waals surface area contributed by atoms with Gasteiger partial charge in [0.15, 0.2) is 0 Å². The molecule has 4 heteroatoms. The van der Waals surface area contributed by atoms with E-state index in [-0.39, 0.29) is 6.61 Å². The minimum absolute atomic E-state index is 0.0985. The lowest BCUT2D eigenvalue weighted by Crippen LogP contribution is -2.19. The van der Waals surface area contributed by atoms with Gasteiger partial charge >= 0.3 is 5.97 Å². The fraction of sp³-hybridized carbons (Fsp3) is 0.542. The topological polar surface area (TPSA) is 66.8 Å². The van der Waals surface area contributed by atoms with E-state index in [9.17, 15) is 4.79 Å². The molecule has 0 unspecified atom stereocenters. The summed E-state index contributed by atoms with van der Waals surface area (Å²) in [5, 5.41) is 16.8. The standard InChI is InChI=1S/C20H30O.C4H8O3/c1-16(8-6-9-17(2)13-15-21)11-12-19-18(3)10-7-14-20(19,4)5;1-2-7-4(6)3-5/h6,8-9,11-13,21H,7,10,14-15H2,1-5H3;5H,2-3H2,1H3. The first kappa shape index (κ1) is 26.1. The van der Waals surface area contributed by atoms with Crippen LogP contribution in [0.25, 0.3) is 0 Å². The summed E-state index contributed by atoms with van der Waals surface area (Å²) in [7, 11) is 0. The zero-order valence-corrected chi connectivity index (χ0v) is 18.4. The van der Waals surface area contributed by atoms with Crippen molar-refractivity contribution >= 4 is 5.97 Å². The maximum Gasteiger partial charge on any atom is 0.331 e. The molecule has 158 valence electrons. The molecule has 0 fully saturated rings. The Morgan fingerprint density at radius 1 is 1.18 bits per heavy atom. The van der Waals surface area contributed by atoms with Gasteiger partial charge in [-0.2, -0.15) is 0 Å². The Morgan fingerprint density at radius 3 is 2.36 bits per heavy atom. The van der Waals surface area contributed by atoms with Crippen molar-refractivity contribution in [2.45, 2.75) is 60.8 Å². The minimum Gasteiger partial charge on any atom is -0.464 e. The maximum atomic E-state index is 9.94. The van der Waals surface area contributed by atoms with Gasteiger partial charge in [-0.05, 0) is 57.9 Å². The molecule has 0 heterocycles. The molecule has 0 bridgehead atoms. The van der Waals surface area contributed by atoms with E-state index in [1.54, 1.807) is 13.0 Å². The van der Waals surface area contributed by atoms with Crippen molar-refractivity contribution in [2.75, 3.05) is 19.8 Å². The molecule has 1 aliphatic carbocycles. The lowest BCUT2D eigenvalue weighted by Gasteiger charge is -2.32. The van der Waals surface area contributed by atoms with Crippen LogP contribution < -0.4 is 0 Å². The normalized spacial score (nSPS) is 17.7. The fourth-order valence-electron chi connectivity index (χ4n) is 3.05. The van der Waals surface area contributed by atoms with Crippen LogP contribution in [-0.2, 0) is 9.53 Å². The Labute approximate surface area is 171 Å². The van der Waals surface area contributed by atoms with Crippen molar-refractivity contribution < 1.29 is 19.7 Å². The molecule has 0 atom stereocenters. The van der Waals surface area contributed by atoms with Crippen LogP contribution in [0.2, 0.25) is 0 Å². The van der Waals surface area contributed by atoms with Crippen molar-refractivity contribution in [2.24, 2.45) is 5.41 Å². The molecular weight excluding hydrogens is 352 g/mol. The van der Waals surface area contributed by atoms with Crippen LogP contribution >= 0.6 is 0 Å². The van der Waals surface area contributed by atoms with Gasteiger partial charge in [-0.1, -0.05) is 67.0 Å². The number of aliphatic hydroxyl groups is 2. The minimum atomic E-state index is -0.567. The first-order valence-corrected chi connectivity index (χ1v) is 9.95. The van der Waals surface area contributed by atoms with Crippen LogP contribution in [0.4, 0.5) is 0 Å². The molecule has 0 radical (unpaired) electrons. The van der Waals surface area contributed by atoms with Crippen LogP contribution in [0, 0.1) is 5.41 Å². The van der Waals surface area contributed by atoms with Crippen molar-refractivity contribution in [3.05, 3.63) is 58.7 Å². The lowest BCUT2D eigenvalue weighted by molar-refractivity contribution is -0.146. The predicted molar refractivity (Wildman–Crippen MR) is 117 cm³/mol. The van der Waals surface area contributed by atoms with Crippen molar-refractivity contribution in [3.63, 3.8) is 0 Å². The molecule has 0 saturated carbocycles. The molecule has 0 amide bonds. The molecule has 0 spiro atoms. The molecule has 1 rings (SSSR count). The van der Waals surface area contributed by atoms with Crippen LogP contribution in [0.15, 0.2) is 58.7 Å². The second-order valence-electron chi connectivity index (χ2n) is 7.63. The first-order chi connectivity index (χ1) is 13.2. The van der Waals surface area contributed by atoms with E-state index in [1.807, 2.05) is 19.1 Å².